The van der Waals surface area contributed by atoms with Crippen molar-refractivity contribution in [3.05, 3.63) is 30.0 Å². The number of nitrogen functional groups attached to an aromatic ring is 1. The van der Waals surface area contributed by atoms with E-state index in [4.69, 9.17) is 11.5 Å². The summed E-state index contributed by atoms with van der Waals surface area (Å²) in [6.07, 6.45) is 2.10. The maximum atomic E-state index is 5.75. The van der Waals surface area contributed by atoms with Crippen molar-refractivity contribution in [1.29, 1.82) is 0 Å². The van der Waals surface area contributed by atoms with Crippen LogP contribution in [0.4, 0.5) is 5.69 Å². The molecule has 3 nitrogen and oxygen atoms in total. The van der Waals surface area contributed by atoms with E-state index in [9.17, 15) is 0 Å². The summed E-state index contributed by atoms with van der Waals surface area (Å²) < 4.78 is 2.19. The van der Waals surface area contributed by atoms with Gasteiger partial charge in [0.25, 0.3) is 0 Å². The standard InChI is InChI=1S/C11H15N3/c1-2-14-7-8(6-12)10-5-9(13)3-4-11(10)14/h3-5,7H,2,6,12-13H2,1H3. The lowest BCUT2D eigenvalue weighted by Crippen LogP contribution is -1.95. The van der Waals surface area contributed by atoms with E-state index < -0.39 is 0 Å². The molecule has 0 aliphatic rings. The average Bonchev–Trinajstić information content (AvgIpc) is 2.55. The van der Waals surface area contributed by atoms with Crippen LogP contribution in [0.25, 0.3) is 10.9 Å². The van der Waals surface area contributed by atoms with Crippen molar-refractivity contribution in [2.75, 3.05) is 5.73 Å². The molecule has 0 radical (unpaired) electrons. The number of benzene rings is 1. The molecule has 0 spiro atoms. The molecule has 74 valence electrons. The number of aromatic nitrogens is 1. The van der Waals surface area contributed by atoms with Crippen molar-refractivity contribution in [2.45, 2.75) is 20.0 Å². The summed E-state index contributed by atoms with van der Waals surface area (Å²) in [5, 5.41) is 1.18. The second-order valence-corrected chi connectivity index (χ2v) is 3.42. The molecule has 0 saturated heterocycles. The van der Waals surface area contributed by atoms with Gasteiger partial charge in [0.05, 0.1) is 0 Å². The fourth-order valence-electron chi connectivity index (χ4n) is 1.81. The third-order valence-electron chi connectivity index (χ3n) is 2.55. The van der Waals surface area contributed by atoms with Crippen LogP contribution in [0.15, 0.2) is 24.4 Å². The number of nitrogens with two attached hydrogens (primary N) is 2. The van der Waals surface area contributed by atoms with E-state index in [1.54, 1.807) is 0 Å². The Kier molecular flexibility index (Phi) is 2.17. The summed E-state index contributed by atoms with van der Waals surface area (Å²) >= 11 is 0. The topological polar surface area (TPSA) is 57.0 Å². The largest absolute Gasteiger partial charge is 0.399 e. The molecule has 2 rings (SSSR count). The zero-order valence-corrected chi connectivity index (χ0v) is 8.33. The molecular weight excluding hydrogens is 174 g/mol. The summed E-state index contributed by atoms with van der Waals surface area (Å²) in [4.78, 5) is 0. The highest BCUT2D eigenvalue weighted by atomic mass is 14.9. The van der Waals surface area contributed by atoms with E-state index in [-0.39, 0.29) is 0 Å². The second-order valence-electron chi connectivity index (χ2n) is 3.42. The Balaban J connectivity index is 2.75. The number of rotatable bonds is 2. The van der Waals surface area contributed by atoms with Gasteiger partial charge in [0.15, 0.2) is 0 Å². The average molecular weight is 189 g/mol. The summed E-state index contributed by atoms with van der Waals surface area (Å²) in [7, 11) is 0. The first-order valence-corrected chi connectivity index (χ1v) is 4.83. The Hall–Kier alpha value is -1.48. The molecule has 14 heavy (non-hydrogen) atoms. The van der Waals surface area contributed by atoms with Gasteiger partial charge in [-0.1, -0.05) is 0 Å². The molecule has 1 aromatic heterocycles. The predicted molar refractivity (Wildman–Crippen MR) is 59.9 cm³/mol. The Labute approximate surface area is 83.3 Å². The van der Waals surface area contributed by atoms with Crippen molar-refractivity contribution < 1.29 is 0 Å². The molecule has 0 aliphatic heterocycles. The molecule has 0 bridgehead atoms. The lowest BCUT2D eigenvalue weighted by atomic mass is 10.1. The van der Waals surface area contributed by atoms with Crippen LogP contribution in [0.1, 0.15) is 12.5 Å². The van der Waals surface area contributed by atoms with E-state index in [1.165, 1.54) is 10.9 Å². The number of nitrogens with zero attached hydrogens (tertiary/aromatic N) is 1. The predicted octanol–water partition coefficient (Wildman–Crippen LogP) is 1.70. The maximum Gasteiger partial charge on any atom is 0.0485 e. The van der Waals surface area contributed by atoms with Crippen LogP contribution in [0.3, 0.4) is 0 Å². The van der Waals surface area contributed by atoms with Gasteiger partial charge >= 0.3 is 0 Å². The highest BCUT2D eigenvalue weighted by Gasteiger charge is 2.05. The SMILES string of the molecule is CCn1cc(CN)c2cc(N)ccc21. The van der Waals surface area contributed by atoms with Gasteiger partial charge in [0.1, 0.15) is 0 Å². The van der Waals surface area contributed by atoms with Crippen molar-refractivity contribution in [1.82, 2.24) is 4.57 Å². The van der Waals surface area contributed by atoms with Crippen LogP contribution in [0.2, 0.25) is 0 Å². The number of aryl methyl sites for hydroxylation is 1. The molecule has 0 saturated carbocycles. The van der Waals surface area contributed by atoms with Crippen LogP contribution in [-0.2, 0) is 13.1 Å². The monoisotopic (exact) mass is 189 g/mol. The first-order chi connectivity index (χ1) is 6.76. The quantitative estimate of drug-likeness (QED) is 0.706. The third kappa shape index (κ3) is 1.26. The summed E-state index contributed by atoms with van der Waals surface area (Å²) in [5.74, 6) is 0. The van der Waals surface area contributed by atoms with Crippen molar-refractivity contribution in [3.8, 4) is 0 Å². The third-order valence-corrected chi connectivity index (χ3v) is 2.55. The lowest BCUT2D eigenvalue weighted by Gasteiger charge is -2.00. The smallest absolute Gasteiger partial charge is 0.0485 e. The van der Waals surface area contributed by atoms with Gasteiger partial charge < -0.3 is 16.0 Å². The first-order valence-electron chi connectivity index (χ1n) is 4.83. The van der Waals surface area contributed by atoms with E-state index >= 15 is 0 Å². The van der Waals surface area contributed by atoms with Crippen molar-refractivity contribution >= 4 is 16.6 Å². The van der Waals surface area contributed by atoms with E-state index in [2.05, 4.69) is 17.7 Å². The Bertz CT molecular complexity index is 457. The van der Waals surface area contributed by atoms with Crippen LogP contribution in [0.5, 0.6) is 0 Å². The molecule has 1 aromatic carbocycles. The molecule has 0 unspecified atom stereocenters. The van der Waals surface area contributed by atoms with Gasteiger partial charge in [0, 0.05) is 35.9 Å². The van der Waals surface area contributed by atoms with Crippen molar-refractivity contribution in [3.63, 3.8) is 0 Å². The minimum absolute atomic E-state index is 0.562. The molecule has 1 heterocycles. The Morgan fingerprint density at radius 3 is 2.79 bits per heavy atom. The van der Waals surface area contributed by atoms with Crippen LogP contribution >= 0.6 is 0 Å². The highest BCUT2D eigenvalue weighted by molar-refractivity contribution is 5.86. The number of hydrogen-bond donors (Lipinski definition) is 2. The van der Waals surface area contributed by atoms with Gasteiger partial charge in [-0.05, 0) is 30.7 Å². The summed E-state index contributed by atoms with van der Waals surface area (Å²) in [5.41, 5.74) is 14.6. The first kappa shape index (κ1) is 9.09. The van der Waals surface area contributed by atoms with Gasteiger partial charge in [-0.15, -0.1) is 0 Å². The normalized spacial score (nSPS) is 11.0. The number of hydrogen-bond acceptors (Lipinski definition) is 2. The van der Waals surface area contributed by atoms with E-state index in [0.29, 0.717) is 6.54 Å². The highest BCUT2D eigenvalue weighted by Crippen LogP contribution is 2.23. The molecule has 0 atom stereocenters. The molecule has 4 N–H and O–H groups in total. The number of fused-ring (bicyclic) bond motifs is 1. The molecule has 0 amide bonds. The zero-order chi connectivity index (χ0) is 10.1. The minimum atomic E-state index is 0.562. The van der Waals surface area contributed by atoms with Gasteiger partial charge in [0.2, 0.25) is 0 Å². The van der Waals surface area contributed by atoms with Gasteiger partial charge in [-0.2, -0.15) is 0 Å². The fraction of sp³-hybridized carbons (Fsp3) is 0.273. The molecular formula is C11H15N3. The van der Waals surface area contributed by atoms with Crippen molar-refractivity contribution in [2.24, 2.45) is 5.73 Å². The molecule has 2 aromatic rings. The number of anilines is 1. The Morgan fingerprint density at radius 2 is 2.14 bits per heavy atom. The maximum absolute atomic E-state index is 5.75. The fourth-order valence-corrected chi connectivity index (χ4v) is 1.81. The molecule has 0 fully saturated rings. The van der Waals surface area contributed by atoms with Crippen LogP contribution < -0.4 is 11.5 Å². The second kappa shape index (κ2) is 3.35. The van der Waals surface area contributed by atoms with E-state index in [0.717, 1.165) is 17.8 Å². The minimum Gasteiger partial charge on any atom is -0.399 e. The van der Waals surface area contributed by atoms with Gasteiger partial charge in [-0.3, -0.25) is 0 Å². The lowest BCUT2D eigenvalue weighted by molar-refractivity contribution is 0.792. The van der Waals surface area contributed by atoms with E-state index in [1.807, 2.05) is 18.2 Å². The summed E-state index contributed by atoms with van der Waals surface area (Å²) in [6.45, 7) is 3.64. The van der Waals surface area contributed by atoms with Crippen LogP contribution in [0, 0.1) is 0 Å². The Morgan fingerprint density at radius 1 is 1.36 bits per heavy atom. The molecule has 0 aliphatic carbocycles. The van der Waals surface area contributed by atoms with Gasteiger partial charge in [-0.25, -0.2) is 0 Å². The zero-order valence-electron chi connectivity index (χ0n) is 8.33. The molecule has 3 heteroatoms. The summed E-state index contributed by atoms with van der Waals surface area (Å²) in [6, 6.07) is 5.96. The van der Waals surface area contributed by atoms with Crippen LogP contribution in [-0.4, -0.2) is 4.57 Å².